The van der Waals surface area contributed by atoms with Crippen LogP contribution >= 0.6 is 0 Å². The number of ketones is 1. The summed E-state index contributed by atoms with van der Waals surface area (Å²) in [7, 11) is 0. The third-order valence-corrected chi connectivity index (χ3v) is 3.73. The summed E-state index contributed by atoms with van der Waals surface area (Å²) in [5.41, 5.74) is 6.49. The lowest BCUT2D eigenvalue weighted by Gasteiger charge is -2.21. The zero-order chi connectivity index (χ0) is 19.9. The van der Waals surface area contributed by atoms with Gasteiger partial charge in [0.2, 0.25) is 5.78 Å². The predicted molar refractivity (Wildman–Crippen MR) is 95.7 cm³/mol. The lowest BCUT2D eigenvalue weighted by molar-refractivity contribution is -0.150. The number of ether oxygens (including phenoxy) is 1. The van der Waals surface area contributed by atoms with Gasteiger partial charge in [-0.3, -0.25) is 9.59 Å². The predicted octanol–water partition coefficient (Wildman–Crippen LogP) is 1.62. The summed E-state index contributed by atoms with van der Waals surface area (Å²) in [6.45, 7) is 6.09. The number of nitrogens with one attached hydrogen (secondary N) is 1. The number of benzene rings is 1. The fourth-order valence-corrected chi connectivity index (χ4v) is 2.21. The number of nitrogens with zero attached hydrogens (tertiary/aromatic N) is 1. The van der Waals surface area contributed by atoms with Crippen molar-refractivity contribution >= 4 is 17.7 Å². The number of nitriles is 1. The first-order valence-electron chi connectivity index (χ1n) is 8.11. The van der Waals surface area contributed by atoms with Crippen molar-refractivity contribution < 1.29 is 19.1 Å². The van der Waals surface area contributed by atoms with Crippen molar-refractivity contribution in [1.82, 2.24) is 5.32 Å². The number of hydrogen-bond acceptors (Lipinski definition) is 6. The molecule has 3 N–H and O–H groups in total. The van der Waals surface area contributed by atoms with Crippen molar-refractivity contribution in [1.29, 1.82) is 5.26 Å². The summed E-state index contributed by atoms with van der Waals surface area (Å²) in [4.78, 5) is 36.6. The number of rotatable bonds is 7. The second kappa shape index (κ2) is 9.37. The van der Waals surface area contributed by atoms with Gasteiger partial charge in [0.1, 0.15) is 17.7 Å². The lowest BCUT2D eigenvalue weighted by atomic mass is 10.0. The minimum atomic E-state index is -0.927. The highest BCUT2D eigenvalue weighted by Gasteiger charge is 2.27. The molecule has 1 rings (SSSR count). The van der Waals surface area contributed by atoms with Crippen LogP contribution in [0.3, 0.4) is 0 Å². The van der Waals surface area contributed by atoms with Gasteiger partial charge in [0.25, 0.3) is 5.91 Å². The Balaban J connectivity index is 2.81. The molecular weight excluding hydrogens is 334 g/mol. The zero-order valence-electron chi connectivity index (χ0n) is 15.3. The molecule has 1 amide bonds. The number of Topliss-reactive ketones (excluding diaryl/α,β-unsaturated/α-hetero) is 1. The number of nitrogens with two attached hydrogens (primary N) is 1. The van der Waals surface area contributed by atoms with E-state index in [1.807, 2.05) is 6.07 Å². The molecule has 7 nitrogen and oxygen atoms in total. The molecule has 0 heterocycles. The van der Waals surface area contributed by atoms with Crippen molar-refractivity contribution in [2.24, 2.45) is 11.7 Å². The van der Waals surface area contributed by atoms with Gasteiger partial charge in [-0.1, -0.05) is 32.0 Å². The van der Waals surface area contributed by atoms with Crippen LogP contribution in [0.4, 0.5) is 0 Å². The fourth-order valence-electron chi connectivity index (χ4n) is 2.21. The van der Waals surface area contributed by atoms with E-state index in [0.717, 1.165) is 5.56 Å². The summed E-state index contributed by atoms with van der Waals surface area (Å²) in [5, 5.41) is 11.5. The van der Waals surface area contributed by atoms with Crippen LogP contribution in [0.2, 0.25) is 0 Å². The summed E-state index contributed by atoms with van der Waals surface area (Å²) in [6.07, 6.45) is 0. The van der Waals surface area contributed by atoms with E-state index in [1.54, 1.807) is 45.0 Å². The van der Waals surface area contributed by atoms with E-state index in [4.69, 9.17) is 15.7 Å². The SMILES string of the molecule is C/C(N)=C(/C#N)C(=O)COC(=O)[C@@H](NC(=O)c1ccccc1C)C(C)C. The summed E-state index contributed by atoms with van der Waals surface area (Å²) in [6, 6.07) is 7.75. The molecular formula is C19H23N3O4. The van der Waals surface area contributed by atoms with Gasteiger partial charge in [0, 0.05) is 11.3 Å². The highest BCUT2D eigenvalue weighted by atomic mass is 16.5. The topological polar surface area (TPSA) is 122 Å². The molecule has 1 aromatic rings. The molecule has 138 valence electrons. The molecule has 0 aliphatic carbocycles. The van der Waals surface area contributed by atoms with E-state index in [-0.39, 0.29) is 17.2 Å². The van der Waals surface area contributed by atoms with E-state index < -0.39 is 30.3 Å². The fraction of sp³-hybridized carbons (Fsp3) is 0.368. The van der Waals surface area contributed by atoms with Crippen LogP contribution in [0.25, 0.3) is 0 Å². The van der Waals surface area contributed by atoms with Gasteiger partial charge >= 0.3 is 5.97 Å². The molecule has 0 fully saturated rings. The summed E-state index contributed by atoms with van der Waals surface area (Å²) in [5.74, 6) is -2.09. The van der Waals surface area contributed by atoms with Crippen LogP contribution in [-0.4, -0.2) is 30.3 Å². The van der Waals surface area contributed by atoms with Crippen molar-refractivity contribution in [2.75, 3.05) is 6.61 Å². The summed E-state index contributed by atoms with van der Waals surface area (Å²) >= 11 is 0. The Hall–Kier alpha value is -3.14. The van der Waals surface area contributed by atoms with Gasteiger partial charge in [-0.05, 0) is 31.4 Å². The smallest absolute Gasteiger partial charge is 0.329 e. The van der Waals surface area contributed by atoms with Crippen molar-refractivity contribution in [2.45, 2.75) is 33.7 Å². The van der Waals surface area contributed by atoms with E-state index in [0.29, 0.717) is 5.56 Å². The van der Waals surface area contributed by atoms with Crippen molar-refractivity contribution in [3.63, 3.8) is 0 Å². The van der Waals surface area contributed by atoms with Crippen LogP contribution in [0, 0.1) is 24.2 Å². The Kier molecular flexibility index (Phi) is 7.53. The third-order valence-electron chi connectivity index (χ3n) is 3.73. The van der Waals surface area contributed by atoms with Crippen LogP contribution in [0.5, 0.6) is 0 Å². The minimum Gasteiger partial charge on any atom is -0.456 e. The van der Waals surface area contributed by atoms with Gasteiger partial charge in [-0.2, -0.15) is 5.26 Å². The highest BCUT2D eigenvalue weighted by molar-refractivity contribution is 6.02. The van der Waals surface area contributed by atoms with Crippen LogP contribution in [0.1, 0.15) is 36.7 Å². The van der Waals surface area contributed by atoms with Crippen molar-refractivity contribution in [3.8, 4) is 6.07 Å². The van der Waals surface area contributed by atoms with E-state index in [1.165, 1.54) is 6.92 Å². The number of hydrogen-bond donors (Lipinski definition) is 2. The van der Waals surface area contributed by atoms with Crippen LogP contribution in [-0.2, 0) is 14.3 Å². The average molecular weight is 357 g/mol. The van der Waals surface area contributed by atoms with E-state index in [2.05, 4.69) is 5.32 Å². The molecule has 0 unspecified atom stereocenters. The monoisotopic (exact) mass is 357 g/mol. The second-order valence-corrected chi connectivity index (χ2v) is 6.21. The molecule has 1 atom stereocenters. The molecule has 7 heteroatoms. The number of carbonyl (C=O) groups excluding carboxylic acids is 3. The first-order valence-corrected chi connectivity index (χ1v) is 8.11. The minimum absolute atomic E-state index is 0.0572. The third kappa shape index (κ3) is 5.45. The van der Waals surface area contributed by atoms with Crippen LogP contribution in [0.15, 0.2) is 35.5 Å². The average Bonchev–Trinajstić information content (AvgIpc) is 2.57. The maximum atomic E-state index is 12.4. The van der Waals surface area contributed by atoms with Gasteiger partial charge < -0.3 is 15.8 Å². The molecule has 0 radical (unpaired) electrons. The number of amides is 1. The maximum absolute atomic E-state index is 12.4. The maximum Gasteiger partial charge on any atom is 0.329 e. The molecule has 0 aliphatic rings. The number of esters is 1. The Morgan fingerprint density at radius 3 is 2.38 bits per heavy atom. The normalized spacial score (nSPS) is 12.6. The lowest BCUT2D eigenvalue weighted by Crippen LogP contribution is -2.46. The molecule has 1 aromatic carbocycles. The van der Waals surface area contributed by atoms with E-state index in [9.17, 15) is 14.4 Å². The van der Waals surface area contributed by atoms with Gasteiger partial charge in [0.05, 0.1) is 0 Å². The Labute approximate surface area is 152 Å². The molecule has 0 saturated heterocycles. The van der Waals surface area contributed by atoms with Crippen molar-refractivity contribution in [3.05, 3.63) is 46.7 Å². The summed E-state index contributed by atoms with van der Waals surface area (Å²) < 4.78 is 4.98. The van der Waals surface area contributed by atoms with Gasteiger partial charge in [-0.25, -0.2) is 4.79 Å². The molecule has 0 spiro atoms. The second-order valence-electron chi connectivity index (χ2n) is 6.21. The molecule has 0 aliphatic heterocycles. The Bertz CT molecular complexity index is 771. The largest absolute Gasteiger partial charge is 0.456 e. The zero-order valence-corrected chi connectivity index (χ0v) is 15.3. The molecule has 0 bridgehead atoms. The van der Waals surface area contributed by atoms with E-state index >= 15 is 0 Å². The first kappa shape index (κ1) is 20.9. The standard InChI is InChI=1S/C19H23N3O4/c1-11(2)17(22-18(24)14-8-6-5-7-12(14)3)19(25)26-10-16(23)15(9-20)13(4)21/h5-8,11,17H,10,21H2,1-4H3,(H,22,24)/b15-13+/t17-/m0/s1. The number of allylic oxidation sites excluding steroid dienone is 1. The first-order chi connectivity index (χ1) is 12.2. The number of aryl methyl sites for hydroxylation is 1. The molecule has 26 heavy (non-hydrogen) atoms. The quantitative estimate of drug-likeness (QED) is 0.434. The van der Waals surface area contributed by atoms with Crippen LogP contribution < -0.4 is 11.1 Å². The molecule has 0 aromatic heterocycles. The van der Waals surface area contributed by atoms with Gasteiger partial charge in [-0.15, -0.1) is 0 Å². The number of carbonyl (C=O) groups is 3. The Morgan fingerprint density at radius 2 is 1.88 bits per heavy atom. The highest BCUT2D eigenvalue weighted by Crippen LogP contribution is 2.10. The van der Waals surface area contributed by atoms with Gasteiger partial charge in [0.15, 0.2) is 6.61 Å². The Morgan fingerprint density at radius 1 is 1.27 bits per heavy atom. The molecule has 0 saturated carbocycles.